The van der Waals surface area contributed by atoms with Crippen LogP contribution in [0.1, 0.15) is 0 Å². The zero-order valence-electron chi connectivity index (χ0n) is 10.3. The molecule has 2 rings (SSSR count). The summed E-state index contributed by atoms with van der Waals surface area (Å²) in [5.74, 6) is -1.13. The topological polar surface area (TPSA) is 37.4 Å². The van der Waals surface area contributed by atoms with Gasteiger partial charge in [-0.25, -0.2) is 17.2 Å². The number of anilines is 1. The van der Waals surface area contributed by atoms with Crippen LogP contribution in [0.5, 0.6) is 0 Å². The molecule has 0 amide bonds. The molecule has 7 heteroatoms. The molecule has 106 valence electrons. The Bertz CT molecular complexity index is 733. The highest BCUT2D eigenvalue weighted by Gasteiger charge is 2.22. The second kappa shape index (κ2) is 5.49. The molecule has 0 atom stereocenters. The predicted octanol–water partition coefficient (Wildman–Crippen LogP) is 3.55. The van der Waals surface area contributed by atoms with Crippen molar-refractivity contribution in [3.05, 3.63) is 58.6 Å². The van der Waals surface area contributed by atoms with E-state index in [4.69, 9.17) is 0 Å². The summed E-state index contributed by atoms with van der Waals surface area (Å²) in [7, 11) is -2.57. The van der Waals surface area contributed by atoms with E-state index in [0.717, 1.165) is 22.5 Å². The van der Waals surface area contributed by atoms with E-state index in [1.165, 1.54) is 31.3 Å². The summed E-state index contributed by atoms with van der Waals surface area (Å²) in [5.41, 5.74) is 0.287. The van der Waals surface area contributed by atoms with Gasteiger partial charge in [0.15, 0.2) is 0 Å². The maximum absolute atomic E-state index is 13.4. The first kappa shape index (κ1) is 14.9. The molecule has 0 radical (unpaired) electrons. The highest BCUT2D eigenvalue weighted by molar-refractivity contribution is 9.10. The van der Waals surface area contributed by atoms with Gasteiger partial charge in [-0.3, -0.25) is 4.31 Å². The van der Waals surface area contributed by atoms with Crippen molar-refractivity contribution < 1.29 is 17.2 Å². The highest BCUT2D eigenvalue weighted by atomic mass is 79.9. The van der Waals surface area contributed by atoms with Gasteiger partial charge in [-0.05, 0) is 58.4 Å². The van der Waals surface area contributed by atoms with E-state index >= 15 is 0 Å². The van der Waals surface area contributed by atoms with Crippen LogP contribution < -0.4 is 4.31 Å². The lowest BCUT2D eigenvalue weighted by Crippen LogP contribution is -2.26. The van der Waals surface area contributed by atoms with E-state index in [1.54, 1.807) is 0 Å². The number of hydrogen-bond donors (Lipinski definition) is 0. The third kappa shape index (κ3) is 2.83. The van der Waals surface area contributed by atoms with Crippen molar-refractivity contribution in [3.63, 3.8) is 0 Å². The number of rotatable bonds is 3. The Kier molecular flexibility index (Phi) is 4.10. The molecule has 0 saturated heterocycles. The molecule has 0 aromatic heterocycles. The predicted molar refractivity (Wildman–Crippen MR) is 76.1 cm³/mol. The molecule has 0 fully saturated rings. The molecule has 20 heavy (non-hydrogen) atoms. The Hall–Kier alpha value is -1.47. The van der Waals surface area contributed by atoms with Crippen LogP contribution >= 0.6 is 15.9 Å². The fourth-order valence-corrected chi connectivity index (χ4v) is 3.04. The molecule has 0 unspecified atom stereocenters. The van der Waals surface area contributed by atoms with Gasteiger partial charge in [-0.15, -0.1) is 0 Å². The summed E-state index contributed by atoms with van der Waals surface area (Å²) >= 11 is 2.96. The van der Waals surface area contributed by atoms with Gasteiger partial charge in [-0.1, -0.05) is 0 Å². The van der Waals surface area contributed by atoms with Gasteiger partial charge in [-0.2, -0.15) is 0 Å². The van der Waals surface area contributed by atoms with E-state index < -0.39 is 21.7 Å². The molecular weight excluding hydrogens is 352 g/mol. The molecule has 2 aromatic rings. The Morgan fingerprint density at radius 2 is 1.65 bits per heavy atom. The van der Waals surface area contributed by atoms with Gasteiger partial charge in [0.1, 0.15) is 11.6 Å². The van der Waals surface area contributed by atoms with Crippen molar-refractivity contribution in [2.75, 3.05) is 11.4 Å². The minimum absolute atomic E-state index is 0.176. The van der Waals surface area contributed by atoms with Gasteiger partial charge in [0.2, 0.25) is 0 Å². The van der Waals surface area contributed by atoms with E-state index in [0.29, 0.717) is 0 Å². The average molecular weight is 362 g/mol. The number of benzene rings is 2. The highest BCUT2D eigenvalue weighted by Crippen LogP contribution is 2.25. The lowest BCUT2D eigenvalue weighted by Gasteiger charge is -2.19. The van der Waals surface area contributed by atoms with Gasteiger partial charge >= 0.3 is 0 Å². The Morgan fingerprint density at radius 3 is 2.20 bits per heavy atom. The van der Waals surface area contributed by atoms with Crippen LogP contribution in [0, 0.1) is 11.6 Å². The molecule has 2 aromatic carbocycles. The number of hydrogen-bond acceptors (Lipinski definition) is 2. The third-order valence-electron chi connectivity index (χ3n) is 2.74. The summed E-state index contributed by atoms with van der Waals surface area (Å²) in [4.78, 5) is -0.176. The first-order valence-corrected chi connectivity index (χ1v) is 7.75. The monoisotopic (exact) mass is 361 g/mol. The molecule has 3 nitrogen and oxygen atoms in total. The maximum Gasteiger partial charge on any atom is 0.264 e. The number of sulfonamides is 1. The van der Waals surface area contributed by atoms with Gasteiger partial charge in [0.25, 0.3) is 10.0 Å². The molecule has 0 aliphatic rings. The summed E-state index contributed by atoms with van der Waals surface area (Å²) in [5, 5.41) is 0. The van der Waals surface area contributed by atoms with E-state index in [-0.39, 0.29) is 15.1 Å². The number of nitrogens with zero attached hydrogens (tertiary/aromatic N) is 1. The standard InChI is InChI=1S/C13H10BrF2NO2S/c1-17(10-4-2-9(15)3-5-10)20(18,19)11-6-7-12(14)13(16)8-11/h2-8H,1H3. The van der Waals surface area contributed by atoms with Crippen LogP contribution in [0.2, 0.25) is 0 Å². The molecule has 0 spiro atoms. The second-order valence-electron chi connectivity index (χ2n) is 4.02. The zero-order valence-corrected chi connectivity index (χ0v) is 12.7. The maximum atomic E-state index is 13.4. The fraction of sp³-hybridized carbons (Fsp3) is 0.0769. The van der Waals surface area contributed by atoms with E-state index in [1.807, 2.05) is 0 Å². The minimum atomic E-state index is -3.89. The van der Waals surface area contributed by atoms with Crippen LogP contribution in [-0.2, 0) is 10.0 Å². The minimum Gasteiger partial charge on any atom is -0.269 e. The SMILES string of the molecule is CN(c1ccc(F)cc1)S(=O)(=O)c1ccc(Br)c(F)c1. The van der Waals surface area contributed by atoms with Crippen LogP contribution in [0.3, 0.4) is 0 Å². The number of halogens is 3. The molecule has 0 heterocycles. The van der Waals surface area contributed by atoms with E-state index in [9.17, 15) is 17.2 Å². The first-order valence-electron chi connectivity index (χ1n) is 5.52. The van der Waals surface area contributed by atoms with Crippen LogP contribution in [-0.4, -0.2) is 15.5 Å². The zero-order chi connectivity index (χ0) is 14.9. The molecule has 0 saturated carbocycles. The Morgan fingerprint density at radius 1 is 1.05 bits per heavy atom. The van der Waals surface area contributed by atoms with Crippen molar-refractivity contribution >= 4 is 31.6 Å². The Labute approximate surface area is 124 Å². The van der Waals surface area contributed by atoms with Crippen LogP contribution in [0.25, 0.3) is 0 Å². The largest absolute Gasteiger partial charge is 0.269 e. The summed E-state index contributed by atoms with van der Waals surface area (Å²) in [6, 6.07) is 8.53. The quantitative estimate of drug-likeness (QED) is 0.838. The molecule has 0 aliphatic heterocycles. The summed E-state index contributed by atoms with van der Waals surface area (Å²) in [6.07, 6.45) is 0. The molecular formula is C13H10BrF2NO2S. The van der Waals surface area contributed by atoms with Crippen molar-refractivity contribution in [2.45, 2.75) is 4.90 Å². The van der Waals surface area contributed by atoms with Gasteiger partial charge in [0.05, 0.1) is 15.1 Å². The van der Waals surface area contributed by atoms with Crippen LogP contribution in [0.15, 0.2) is 51.8 Å². The fourth-order valence-electron chi connectivity index (χ4n) is 1.59. The normalized spacial score (nSPS) is 11.4. The lowest BCUT2D eigenvalue weighted by atomic mass is 10.3. The van der Waals surface area contributed by atoms with E-state index in [2.05, 4.69) is 15.9 Å². The summed E-state index contributed by atoms with van der Waals surface area (Å²) < 4.78 is 52.1. The summed E-state index contributed by atoms with van der Waals surface area (Å²) in [6.45, 7) is 0. The van der Waals surface area contributed by atoms with Crippen molar-refractivity contribution in [2.24, 2.45) is 0 Å². The van der Waals surface area contributed by atoms with Gasteiger partial charge in [0, 0.05) is 7.05 Å². The van der Waals surface area contributed by atoms with Crippen molar-refractivity contribution in [3.8, 4) is 0 Å². The molecule has 0 bridgehead atoms. The smallest absolute Gasteiger partial charge is 0.264 e. The molecule has 0 aliphatic carbocycles. The Balaban J connectivity index is 2.43. The van der Waals surface area contributed by atoms with Crippen LogP contribution in [0.4, 0.5) is 14.5 Å². The average Bonchev–Trinajstić information content (AvgIpc) is 2.41. The molecule has 0 N–H and O–H groups in total. The second-order valence-corrected chi connectivity index (χ2v) is 6.85. The van der Waals surface area contributed by atoms with Crippen molar-refractivity contribution in [1.29, 1.82) is 0 Å². The van der Waals surface area contributed by atoms with Gasteiger partial charge < -0.3 is 0 Å². The third-order valence-corrected chi connectivity index (χ3v) is 5.16. The lowest BCUT2D eigenvalue weighted by molar-refractivity contribution is 0.588. The van der Waals surface area contributed by atoms with Crippen molar-refractivity contribution in [1.82, 2.24) is 0 Å². The first-order chi connectivity index (χ1) is 9.32.